The van der Waals surface area contributed by atoms with Gasteiger partial charge in [-0.1, -0.05) is 6.92 Å². The Morgan fingerprint density at radius 2 is 2.16 bits per heavy atom. The number of rotatable bonds is 3. The van der Waals surface area contributed by atoms with Crippen LogP contribution in [-0.2, 0) is 6.42 Å². The number of aromatic hydroxyl groups is 1. The van der Waals surface area contributed by atoms with Gasteiger partial charge in [0, 0.05) is 7.05 Å². The lowest BCUT2D eigenvalue weighted by atomic mass is 10.0. The van der Waals surface area contributed by atoms with Crippen LogP contribution in [0.3, 0.4) is 0 Å². The number of hydrogen-bond donors (Lipinski definition) is 2. The molecule has 0 saturated carbocycles. The van der Waals surface area contributed by atoms with Crippen molar-refractivity contribution >= 4 is 5.95 Å². The summed E-state index contributed by atoms with van der Waals surface area (Å²) in [6.45, 7) is 3.80. The first-order valence-electron chi connectivity index (χ1n) is 6.03. The highest BCUT2D eigenvalue weighted by Crippen LogP contribution is 2.24. The standard InChI is InChI=1S/C13H16N4O2/c1-4-9-6-10(18)5-8(2)11(9)17-7-15-12(14-3)16-13(17)19/h5-7,18H,4H2,1-3H3,(H,14,16,19). The number of anilines is 1. The monoisotopic (exact) mass is 260 g/mol. The van der Waals surface area contributed by atoms with Gasteiger partial charge >= 0.3 is 5.69 Å². The van der Waals surface area contributed by atoms with E-state index in [0.717, 1.165) is 16.8 Å². The average molecular weight is 260 g/mol. The third-order valence-electron chi connectivity index (χ3n) is 2.91. The summed E-state index contributed by atoms with van der Waals surface area (Å²) < 4.78 is 1.40. The second-order valence-electron chi connectivity index (χ2n) is 4.21. The number of aromatic nitrogens is 3. The van der Waals surface area contributed by atoms with Crippen LogP contribution in [-0.4, -0.2) is 26.7 Å². The van der Waals surface area contributed by atoms with Gasteiger partial charge < -0.3 is 10.4 Å². The smallest absolute Gasteiger partial charge is 0.356 e. The van der Waals surface area contributed by atoms with Crippen LogP contribution in [0.1, 0.15) is 18.1 Å². The topological polar surface area (TPSA) is 80.0 Å². The molecule has 0 aliphatic carbocycles. The van der Waals surface area contributed by atoms with E-state index in [1.165, 1.54) is 10.9 Å². The SMILES string of the molecule is CCc1cc(O)cc(C)c1-n1cnc(NC)nc1=O. The molecule has 0 aliphatic rings. The maximum absolute atomic E-state index is 12.0. The van der Waals surface area contributed by atoms with Crippen molar-refractivity contribution < 1.29 is 5.11 Å². The maximum Gasteiger partial charge on any atom is 0.356 e. The van der Waals surface area contributed by atoms with Gasteiger partial charge in [0.2, 0.25) is 5.95 Å². The summed E-state index contributed by atoms with van der Waals surface area (Å²) >= 11 is 0. The van der Waals surface area contributed by atoms with Gasteiger partial charge in [-0.05, 0) is 36.6 Å². The summed E-state index contributed by atoms with van der Waals surface area (Å²) in [6, 6.07) is 3.27. The van der Waals surface area contributed by atoms with Crippen molar-refractivity contribution in [3.8, 4) is 11.4 Å². The molecule has 1 aromatic carbocycles. The molecule has 0 bridgehead atoms. The highest BCUT2D eigenvalue weighted by Gasteiger charge is 2.11. The quantitative estimate of drug-likeness (QED) is 0.868. The predicted molar refractivity (Wildman–Crippen MR) is 73.0 cm³/mol. The molecule has 1 aromatic heterocycles. The molecular formula is C13H16N4O2. The molecule has 0 radical (unpaired) electrons. The van der Waals surface area contributed by atoms with Crippen molar-refractivity contribution in [2.24, 2.45) is 0 Å². The van der Waals surface area contributed by atoms with Gasteiger partial charge in [-0.15, -0.1) is 0 Å². The Hall–Kier alpha value is -2.37. The third kappa shape index (κ3) is 2.42. The van der Waals surface area contributed by atoms with Gasteiger partial charge in [-0.3, -0.25) is 4.57 Å². The number of phenolic OH excluding ortho intramolecular Hbond substituents is 1. The number of aryl methyl sites for hydroxylation is 2. The van der Waals surface area contributed by atoms with E-state index < -0.39 is 5.69 Å². The van der Waals surface area contributed by atoms with Crippen LogP contribution in [0.5, 0.6) is 5.75 Å². The Balaban J connectivity index is 2.68. The molecule has 0 amide bonds. The van der Waals surface area contributed by atoms with E-state index in [1.54, 1.807) is 19.2 Å². The van der Waals surface area contributed by atoms with Gasteiger partial charge in [-0.2, -0.15) is 4.98 Å². The Kier molecular flexibility index (Phi) is 3.50. The van der Waals surface area contributed by atoms with Crippen LogP contribution in [0.2, 0.25) is 0 Å². The minimum Gasteiger partial charge on any atom is -0.508 e. The second-order valence-corrected chi connectivity index (χ2v) is 4.21. The minimum atomic E-state index is -0.400. The molecule has 6 nitrogen and oxygen atoms in total. The zero-order valence-corrected chi connectivity index (χ0v) is 11.1. The largest absolute Gasteiger partial charge is 0.508 e. The molecular weight excluding hydrogens is 244 g/mol. The molecule has 6 heteroatoms. The minimum absolute atomic E-state index is 0.193. The normalized spacial score (nSPS) is 10.5. The van der Waals surface area contributed by atoms with Gasteiger partial charge in [0.25, 0.3) is 0 Å². The maximum atomic E-state index is 12.0. The molecule has 2 aromatic rings. The van der Waals surface area contributed by atoms with E-state index in [9.17, 15) is 9.90 Å². The van der Waals surface area contributed by atoms with Crippen molar-refractivity contribution in [1.29, 1.82) is 0 Å². The van der Waals surface area contributed by atoms with Crippen molar-refractivity contribution in [2.45, 2.75) is 20.3 Å². The fourth-order valence-corrected chi connectivity index (χ4v) is 2.06. The number of benzene rings is 1. The Morgan fingerprint density at radius 3 is 2.74 bits per heavy atom. The highest BCUT2D eigenvalue weighted by molar-refractivity contribution is 5.51. The van der Waals surface area contributed by atoms with Crippen LogP contribution in [0.15, 0.2) is 23.3 Å². The van der Waals surface area contributed by atoms with E-state index in [1.807, 2.05) is 13.8 Å². The molecule has 2 N–H and O–H groups in total. The molecule has 0 spiro atoms. The Morgan fingerprint density at radius 1 is 1.42 bits per heavy atom. The summed E-state index contributed by atoms with van der Waals surface area (Å²) in [7, 11) is 1.66. The van der Waals surface area contributed by atoms with Crippen molar-refractivity contribution in [3.05, 3.63) is 40.1 Å². The summed E-state index contributed by atoms with van der Waals surface area (Å²) in [5.41, 5.74) is 2.01. The van der Waals surface area contributed by atoms with Gasteiger partial charge in [0.05, 0.1) is 5.69 Å². The lowest BCUT2D eigenvalue weighted by Gasteiger charge is -2.13. The van der Waals surface area contributed by atoms with Crippen LogP contribution in [0.25, 0.3) is 5.69 Å². The zero-order valence-electron chi connectivity index (χ0n) is 11.1. The second kappa shape index (κ2) is 5.09. The van der Waals surface area contributed by atoms with Crippen molar-refractivity contribution in [2.75, 3.05) is 12.4 Å². The lowest BCUT2D eigenvalue weighted by Crippen LogP contribution is -2.24. The van der Waals surface area contributed by atoms with E-state index in [0.29, 0.717) is 6.42 Å². The molecule has 0 saturated heterocycles. The fourth-order valence-electron chi connectivity index (χ4n) is 2.06. The van der Waals surface area contributed by atoms with Gasteiger partial charge in [0.1, 0.15) is 12.1 Å². The van der Waals surface area contributed by atoms with Crippen molar-refractivity contribution in [3.63, 3.8) is 0 Å². The average Bonchev–Trinajstić information content (AvgIpc) is 2.38. The van der Waals surface area contributed by atoms with Crippen LogP contribution < -0.4 is 11.0 Å². The summed E-state index contributed by atoms with van der Waals surface area (Å²) in [6.07, 6.45) is 2.14. The van der Waals surface area contributed by atoms with Crippen LogP contribution in [0.4, 0.5) is 5.95 Å². The molecule has 100 valence electrons. The Labute approximate surface area is 110 Å². The number of hydrogen-bond acceptors (Lipinski definition) is 5. The fraction of sp³-hybridized carbons (Fsp3) is 0.308. The van der Waals surface area contributed by atoms with E-state index >= 15 is 0 Å². The Bertz CT molecular complexity index is 664. The number of nitrogens with zero attached hydrogens (tertiary/aromatic N) is 3. The van der Waals surface area contributed by atoms with E-state index in [2.05, 4.69) is 15.3 Å². The molecule has 0 unspecified atom stereocenters. The molecule has 0 aliphatic heterocycles. The van der Waals surface area contributed by atoms with Gasteiger partial charge in [-0.25, -0.2) is 9.78 Å². The number of phenols is 1. The summed E-state index contributed by atoms with van der Waals surface area (Å²) in [4.78, 5) is 19.9. The van der Waals surface area contributed by atoms with Crippen LogP contribution >= 0.6 is 0 Å². The lowest BCUT2D eigenvalue weighted by molar-refractivity contribution is 0.474. The molecule has 0 atom stereocenters. The van der Waals surface area contributed by atoms with E-state index in [-0.39, 0.29) is 11.7 Å². The van der Waals surface area contributed by atoms with E-state index in [4.69, 9.17) is 0 Å². The first-order chi connectivity index (χ1) is 9.06. The molecule has 19 heavy (non-hydrogen) atoms. The van der Waals surface area contributed by atoms with Gasteiger partial charge in [0.15, 0.2) is 0 Å². The van der Waals surface area contributed by atoms with Crippen molar-refractivity contribution in [1.82, 2.24) is 14.5 Å². The highest BCUT2D eigenvalue weighted by atomic mass is 16.3. The van der Waals surface area contributed by atoms with Crippen LogP contribution in [0, 0.1) is 6.92 Å². The number of nitrogens with one attached hydrogen (secondary N) is 1. The third-order valence-corrected chi connectivity index (χ3v) is 2.91. The molecule has 1 heterocycles. The first kappa shape index (κ1) is 13.1. The molecule has 2 rings (SSSR count). The zero-order chi connectivity index (χ0) is 14.0. The predicted octanol–water partition coefficient (Wildman–Crippen LogP) is 1.25. The summed E-state index contributed by atoms with van der Waals surface area (Å²) in [5.74, 6) is 0.481. The summed E-state index contributed by atoms with van der Waals surface area (Å²) in [5, 5.41) is 12.3. The first-order valence-corrected chi connectivity index (χ1v) is 6.03. The molecule has 0 fully saturated rings.